The van der Waals surface area contributed by atoms with Crippen LogP contribution in [0.15, 0.2) is 41.3 Å². The third kappa shape index (κ3) is 5.17. The minimum Gasteiger partial charge on any atom is -0.462 e. The van der Waals surface area contributed by atoms with Crippen molar-refractivity contribution in [1.82, 2.24) is 9.78 Å². The van der Waals surface area contributed by atoms with Crippen molar-refractivity contribution in [2.45, 2.75) is 27.7 Å². The lowest BCUT2D eigenvalue weighted by Gasteiger charge is -2.09. The molecule has 0 fully saturated rings. The van der Waals surface area contributed by atoms with Gasteiger partial charge in [0.2, 0.25) is 5.43 Å². The van der Waals surface area contributed by atoms with Crippen molar-refractivity contribution < 1.29 is 23.9 Å². The molecule has 0 radical (unpaired) electrons. The van der Waals surface area contributed by atoms with Crippen molar-refractivity contribution in [3.8, 4) is 5.69 Å². The number of nitrogens with zero attached hydrogens (tertiary/aromatic N) is 2. The number of rotatable bonds is 7. The maximum Gasteiger partial charge on any atom is 0.348 e. The highest BCUT2D eigenvalue weighted by Crippen LogP contribution is 2.34. The Kier molecular flexibility index (Phi) is 7.39. The number of aryl methyl sites for hydroxylation is 1. The molecule has 3 rings (SSSR count). The molecule has 0 bridgehead atoms. The van der Waals surface area contributed by atoms with Gasteiger partial charge in [0.1, 0.15) is 9.88 Å². The Morgan fingerprint density at radius 3 is 2.27 bits per heavy atom. The van der Waals surface area contributed by atoms with Crippen molar-refractivity contribution >= 4 is 34.2 Å². The van der Waals surface area contributed by atoms with Crippen LogP contribution in [0.25, 0.3) is 5.69 Å². The lowest BCUT2D eigenvalue weighted by atomic mass is 10.1. The number of anilines is 1. The van der Waals surface area contributed by atoms with Gasteiger partial charge in [-0.3, -0.25) is 9.59 Å². The largest absolute Gasteiger partial charge is 0.462 e. The van der Waals surface area contributed by atoms with Crippen LogP contribution >= 0.6 is 11.3 Å². The number of carbonyl (C=O) groups is 3. The standard InChI is InChI=1S/C23H23N3O6S/c1-5-31-22(29)17-14(4)19(23(30)32-6-2)33-21(17)24-20(28)18-16(27)11-12-26(25-18)15-9-7-13(3)8-10-15/h7-12H,5-6H2,1-4H3,(H,24,28). The Balaban J connectivity index is 2.00. The van der Waals surface area contributed by atoms with Gasteiger partial charge in [-0.25, -0.2) is 14.3 Å². The lowest BCUT2D eigenvalue weighted by molar-refractivity contribution is 0.0527. The van der Waals surface area contributed by atoms with E-state index in [1.165, 1.54) is 16.9 Å². The van der Waals surface area contributed by atoms with Crippen molar-refractivity contribution in [1.29, 1.82) is 0 Å². The molecule has 0 aliphatic carbocycles. The molecule has 172 valence electrons. The van der Waals surface area contributed by atoms with E-state index in [0.29, 0.717) is 11.3 Å². The number of carbonyl (C=O) groups excluding carboxylic acids is 3. The van der Waals surface area contributed by atoms with E-state index in [-0.39, 0.29) is 34.3 Å². The molecule has 1 aromatic carbocycles. The average Bonchev–Trinajstić information content (AvgIpc) is 3.10. The Morgan fingerprint density at radius 1 is 1.00 bits per heavy atom. The molecule has 33 heavy (non-hydrogen) atoms. The summed E-state index contributed by atoms with van der Waals surface area (Å²) >= 11 is 0.875. The molecule has 0 aliphatic heterocycles. The minimum atomic E-state index is -0.816. The first-order valence-corrected chi connectivity index (χ1v) is 11.0. The van der Waals surface area contributed by atoms with Crippen LogP contribution in [-0.4, -0.2) is 40.8 Å². The smallest absolute Gasteiger partial charge is 0.348 e. The van der Waals surface area contributed by atoms with Gasteiger partial charge < -0.3 is 14.8 Å². The summed E-state index contributed by atoms with van der Waals surface area (Å²) in [5.41, 5.74) is 1.12. The molecule has 2 aromatic heterocycles. The van der Waals surface area contributed by atoms with Crippen LogP contribution in [0.3, 0.4) is 0 Å². The second kappa shape index (κ2) is 10.2. The van der Waals surface area contributed by atoms with E-state index in [9.17, 15) is 19.2 Å². The van der Waals surface area contributed by atoms with Crippen LogP contribution in [0, 0.1) is 13.8 Å². The SMILES string of the molecule is CCOC(=O)c1sc(NC(=O)c2nn(-c3ccc(C)cc3)ccc2=O)c(C(=O)OCC)c1C. The van der Waals surface area contributed by atoms with Gasteiger partial charge in [-0.1, -0.05) is 17.7 Å². The highest BCUT2D eigenvalue weighted by atomic mass is 32.1. The van der Waals surface area contributed by atoms with Crippen molar-refractivity contribution in [3.05, 3.63) is 74.0 Å². The third-order valence-electron chi connectivity index (χ3n) is 4.64. The highest BCUT2D eigenvalue weighted by Gasteiger charge is 2.28. The molecule has 0 unspecified atom stereocenters. The minimum absolute atomic E-state index is 0.0352. The zero-order chi connectivity index (χ0) is 24.1. The van der Waals surface area contributed by atoms with Crippen molar-refractivity contribution in [2.24, 2.45) is 0 Å². The quantitative estimate of drug-likeness (QED) is 0.526. The summed E-state index contributed by atoms with van der Waals surface area (Å²) in [6, 6.07) is 8.61. The number of nitrogens with one attached hydrogen (secondary N) is 1. The van der Waals surface area contributed by atoms with Crippen molar-refractivity contribution in [3.63, 3.8) is 0 Å². The Bertz CT molecular complexity index is 1260. The Morgan fingerprint density at radius 2 is 1.64 bits per heavy atom. The first kappa shape index (κ1) is 23.9. The van der Waals surface area contributed by atoms with Crippen LogP contribution in [0.1, 0.15) is 55.5 Å². The normalized spacial score (nSPS) is 10.5. The number of hydrogen-bond donors (Lipinski definition) is 1. The molecule has 3 aromatic rings. The van der Waals surface area contributed by atoms with Crippen LogP contribution in [0.4, 0.5) is 5.00 Å². The molecule has 10 heteroatoms. The maximum atomic E-state index is 13.0. The highest BCUT2D eigenvalue weighted by molar-refractivity contribution is 7.18. The van der Waals surface area contributed by atoms with Gasteiger partial charge in [0, 0.05) is 12.3 Å². The number of thiophene rings is 1. The summed E-state index contributed by atoms with van der Waals surface area (Å²) in [4.78, 5) is 50.3. The van der Waals surface area contributed by atoms with Gasteiger partial charge in [0.05, 0.1) is 24.5 Å². The zero-order valence-corrected chi connectivity index (χ0v) is 19.4. The summed E-state index contributed by atoms with van der Waals surface area (Å²) in [5, 5.41) is 6.78. The van der Waals surface area contributed by atoms with E-state index in [0.717, 1.165) is 16.9 Å². The molecule has 0 saturated heterocycles. The molecule has 0 spiro atoms. The third-order valence-corrected chi connectivity index (χ3v) is 5.82. The Hall–Kier alpha value is -3.79. The predicted molar refractivity (Wildman–Crippen MR) is 123 cm³/mol. The van der Waals surface area contributed by atoms with E-state index in [4.69, 9.17) is 9.47 Å². The van der Waals surface area contributed by atoms with Crippen LogP contribution in [-0.2, 0) is 9.47 Å². The molecule has 0 aliphatic rings. The van der Waals surface area contributed by atoms with E-state index < -0.39 is 23.3 Å². The zero-order valence-electron chi connectivity index (χ0n) is 18.6. The molecule has 1 N–H and O–H groups in total. The van der Waals surface area contributed by atoms with Gasteiger partial charge in [-0.15, -0.1) is 11.3 Å². The van der Waals surface area contributed by atoms with Gasteiger partial charge in [-0.2, -0.15) is 5.10 Å². The summed E-state index contributed by atoms with van der Waals surface area (Å²) < 4.78 is 11.5. The molecular formula is C23H23N3O6S. The number of esters is 2. The fourth-order valence-corrected chi connectivity index (χ4v) is 4.09. The first-order valence-electron chi connectivity index (χ1n) is 10.2. The van der Waals surface area contributed by atoms with Gasteiger partial charge in [0.15, 0.2) is 5.69 Å². The van der Waals surface area contributed by atoms with E-state index >= 15 is 0 Å². The molecule has 0 saturated carbocycles. The van der Waals surface area contributed by atoms with Gasteiger partial charge in [0.25, 0.3) is 5.91 Å². The average molecular weight is 470 g/mol. The number of benzene rings is 1. The van der Waals surface area contributed by atoms with Crippen LogP contribution in [0.5, 0.6) is 0 Å². The fraction of sp³-hybridized carbons (Fsp3) is 0.261. The summed E-state index contributed by atoms with van der Waals surface area (Å²) in [6.45, 7) is 7.07. The molecule has 9 nitrogen and oxygen atoms in total. The fourth-order valence-electron chi connectivity index (χ4n) is 3.01. The second-order valence-electron chi connectivity index (χ2n) is 6.96. The molecule has 2 heterocycles. The molecule has 1 amide bonds. The topological polar surface area (TPSA) is 117 Å². The molecule has 0 atom stereocenters. The van der Waals surface area contributed by atoms with Crippen LogP contribution in [0.2, 0.25) is 0 Å². The number of amides is 1. The number of hydrogen-bond acceptors (Lipinski definition) is 8. The van der Waals surface area contributed by atoms with Crippen molar-refractivity contribution in [2.75, 3.05) is 18.5 Å². The van der Waals surface area contributed by atoms with Gasteiger partial charge >= 0.3 is 11.9 Å². The first-order chi connectivity index (χ1) is 15.8. The number of aromatic nitrogens is 2. The summed E-state index contributed by atoms with van der Waals surface area (Å²) in [7, 11) is 0. The van der Waals surface area contributed by atoms with E-state index in [2.05, 4.69) is 10.4 Å². The van der Waals surface area contributed by atoms with Gasteiger partial charge in [-0.05, 0) is 45.4 Å². The van der Waals surface area contributed by atoms with E-state index in [1.54, 1.807) is 20.8 Å². The number of ether oxygens (including phenoxy) is 2. The summed E-state index contributed by atoms with van der Waals surface area (Å²) in [6.07, 6.45) is 1.46. The Labute approximate surface area is 194 Å². The summed E-state index contributed by atoms with van der Waals surface area (Å²) in [5.74, 6) is -2.13. The maximum absolute atomic E-state index is 13.0. The second-order valence-corrected chi connectivity index (χ2v) is 7.98. The van der Waals surface area contributed by atoms with E-state index in [1.807, 2.05) is 31.2 Å². The predicted octanol–water partition coefficient (Wildman–Crippen LogP) is 3.52. The monoisotopic (exact) mass is 469 g/mol. The lowest BCUT2D eigenvalue weighted by Crippen LogP contribution is -2.25. The van der Waals surface area contributed by atoms with Crippen LogP contribution < -0.4 is 10.7 Å². The molecular weight excluding hydrogens is 446 g/mol.